The quantitative estimate of drug-likeness (QED) is 0.862. The number of hydrogen-bond donors (Lipinski definition) is 1. The molecule has 1 heterocycles. The van der Waals surface area contributed by atoms with Gasteiger partial charge in [0.2, 0.25) is 0 Å². The summed E-state index contributed by atoms with van der Waals surface area (Å²) >= 11 is 5.30. The molecule has 0 atom stereocenters. The molecule has 0 amide bonds. The summed E-state index contributed by atoms with van der Waals surface area (Å²) in [6.45, 7) is 5.18. The maximum Gasteiger partial charge on any atom is 0.0496 e. The lowest BCUT2D eigenvalue weighted by Gasteiger charge is -2.09. The molecular weight excluding hydrogens is 282 g/mol. The molecule has 0 spiro atoms. The third-order valence-electron chi connectivity index (χ3n) is 2.61. The van der Waals surface area contributed by atoms with Crippen molar-refractivity contribution in [3.05, 3.63) is 50.1 Å². The van der Waals surface area contributed by atoms with Gasteiger partial charge in [0, 0.05) is 21.6 Å². The molecule has 0 saturated carbocycles. The lowest BCUT2D eigenvalue weighted by molar-refractivity contribution is 1.15. The Morgan fingerprint density at radius 3 is 2.69 bits per heavy atom. The van der Waals surface area contributed by atoms with Gasteiger partial charge < -0.3 is 5.32 Å². The monoisotopic (exact) mass is 295 g/mol. The van der Waals surface area contributed by atoms with Crippen LogP contribution in [0.5, 0.6) is 0 Å². The summed E-state index contributed by atoms with van der Waals surface area (Å²) in [5.74, 6) is 0. The highest BCUT2D eigenvalue weighted by Gasteiger charge is 2.02. The zero-order chi connectivity index (χ0) is 11.5. The lowest BCUT2D eigenvalue weighted by Crippen LogP contribution is -2.00. The van der Waals surface area contributed by atoms with E-state index in [0.717, 1.165) is 11.0 Å². The number of halogens is 1. The van der Waals surface area contributed by atoms with Crippen molar-refractivity contribution in [3.8, 4) is 0 Å². The van der Waals surface area contributed by atoms with Gasteiger partial charge in [-0.2, -0.15) is 0 Å². The van der Waals surface area contributed by atoms with Gasteiger partial charge in [-0.15, -0.1) is 11.3 Å². The first-order chi connectivity index (χ1) is 7.66. The van der Waals surface area contributed by atoms with E-state index >= 15 is 0 Å². The van der Waals surface area contributed by atoms with E-state index in [0.29, 0.717) is 0 Å². The average molecular weight is 296 g/mol. The summed E-state index contributed by atoms with van der Waals surface area (Å²) in [5.41, 5.74) is 3.84. The lowest BCUT2D eigenvalue weighted by atomic mass is 10.2. The second kappa shape index (κ2) is 5.02. The van der Waals surface area contributed by atoms with Crippen LogP contribution in [-0.4, -0.2) is 0 Å². The average Bonchev–Trinajstić information content (AvgIpc) is 2.66. The van der Waals surface area contributed by atoms with Gasteiger partial charge in [0.1, 0.15) is 0 Å². The fraction of sp³-hybridized carbons (Fsp3) is 0.231. The van der Waals surface area contributed by atoms with E-state index < -0.39 is 0 Å². The fourth-order valence-electron chi connectivity index (χ4n) is 1.55. The number of hydrogen-bond acceptors (Lipinski definition) is 2. The Hall–Kier alpha value is -0.800. The van der Waals surface area contributed by atoms with E-state index in [1.54, 1.807) is 11.3 Å². The fourth-order valence-corrected chi connectivity index (χ4v) is 2.75. The molecule has 0 aliphatic carbocycles. The normalized spacial score (nSPS) is 10.4. The van der Waals surface area contributed by atoms with E-state index in [-0.39, 0.29) is 0 Å². The third kappa shape index (κ3) is 2.66. The van der Waals surface area contributed by atoms with E-state index in [1.165, 1.54) is 21.7 Å². The molecule has 84 valence electrons. The Bertz CT molecular complexity index is 490. The van der Waals surface area contributed by atoms with Crippen molar-refractivity contribution in [3.63, 3.8) is 0 Å². The molecule has 1 nitrogen and oxygen atoms in total. The standard InChI is InChI=1S/C13H14BrNS/c1-9-3-4-11(14)7-12(9)15-8-13-10(2)5-6-16-13/h3-7,15H,8H2,1-2H3. The van der Waals surface area contributed by atoms with Gasteiger partial charge in [-0.05, 0) is 48.6 Å². The highest BCUT2D eigenvalue weighted by atomic mass is 79.9. The number of nitrogens with one attached hydrogen (secondary N) is 1. The van der Waals surface area contributed by atoms with Gasteiger partial charge in [-0.3, -0.25) is 0 Å². The molecule has 3 heteroatoms. The Labute approximate surface area is 109 Å². The largest absolute Gasteiger partial charge is 0.380 e. The van der Waals surface area contributed by atoms with Crippen LogP contribution >= 0.6 is 27.3 Å². The summed E-state index contributed by atoms with van der Waals surface area (Å²) in [5, 5.41) is 5.62. The molecule has 0 unspecified atom stereocenters. The number of anilines is 1. The Balaban J connectivity index is 2.10. The van der Waals surface area contributed by atoms with Gasteiger partial charge in [-0.25, -0.2) is 0 Å². The van der Waals surface area contributed by atoms with Crippen molar-refractivity contribution in [1.29, 1.82) is 0 Å². The Kier molecular flexibility index (Phi) is 3.66. The topological polar surface area (TPSA) is 12.0 Å². The van der Waals surface area contributed by atoms with Crippen LogP contribution in [0.1, 0.15) is 16.0 Å². The molecule has 0 bridgehead atoms. The number of benzene rings is 1. The summed E-state index contributed by atoms with van der Waals surface area (Å²) < 4.78 is 1.11. The van der Waals surface area contributed by atoms with Crippen LogP contribution in [0.25, 0.3) is 0 Å². The maximum atomic E-state index is 3.49. The van der Waals surface area contributed by atoms with Crippen LogP contribution in [0.2, 0.25) is 0 Å². The molecule has 16 heavy (non-hydrogen) atoms. The molecular formula is C13H14BrNS. The Morgan fingerprint density at radius 1 is 1.19 bits per heavy atom. The minimum Gasteiger partial charge on any atom is -0.380 e. The van der Waals surface area contributed by atoms with Crippen LogP contribution in [0.4, 0.5) is 5.69 Å². The third-order valence-corrected chi connectivity index (χ3v) is 4.12. The second-order valence-corrected chi connectivity index (χ2v) is 5.76. The van der Waals surface area contributed by atoms with Gasteiger partial charge in [-0.1, -0.05) is 22.0 Å². The SMILES string of the molecule is Cc1ccc(Br)cc1NCc1sccc1C. The first kappa shape index (κ1) is 11.7. The van der Waals surface area contributed by atoms with E-state index in [1.807, 2.05) is 0 Å². The zero-order valence-corrected chi connectivity index (χ0v) is 11.8. The summed E-state index contributed by atoms with van der Waals surface area (Å²) in [4.78, 5) is 1.40. The minimum absolute atomic E-state index is 0.904. The highest BCUT2D eigenvalue weighted by molar-refractivity contribution is 9.10. The molecule has 1 N–H and O–H groups in total. The molecule has 0 fully saturated rings. The number of thiophene rings is 1. The van der Waals surface area contributed by atoms with E-state index in [4.69, 9.17) is 0 Å². The molecule has 2 rings (SSSR count). The predicted octanol–water partition coefficient (Wildman–Crippen LogP) is 4.74. The molecule has 0 radical (unpaired) electrons. The van der Waals surface area contributed by atoms with Crippen molar-refractivity contribution >= 4 is 33.0 Å². The van der Waals surface area contributed by atoms with Crippen LogP contribution in [0.3, 0.4) is 0 Å². The van der Waals surface area contributed by atoms with Gasteiger partial charge >= 0.3 is 0 Å². The van der Waals surface area contributed by atoms with Gasteiger partial charge in [0.05, 0.1) is 0 Å². The van der Waals surface area contributed by atoms with E-state index in [9.17, 15) is 0 Å². The summed E-state index contributed by atoms with van der Waals surface area (Å²) in [6, 6.07) is 8.47. The van der Waals surface area contributed by atoms with Crippen LogP contribution in [-0.2, 0) is 6.54 Å². The molecule has 0 aliphatic heterocycles. The van der Waals surface area contributed by atoms with Crippen molar-refractivity contribution in [1.82, 2.24) is 0 Å². The first-order valence-electron chi connectivity index (χ1n) is 5.20. The molecule has 2 aromatic rings. The second-order valence-electron chi connectivity index (χ2n) is 3.84. The number of rotatable bonds is 3. The van der Waals surface area contributed by atoms with Crippen molar-refractivity contribution in [2.75, 3.05) is 5.32 Å². The van der Waals surface area contributed by atoms with Gasteiger partial charge in [0.25, 0.3) is 0 Å². The van der Waals surface area contributed by atoms with Crippen molar-refractivity contribution in [2.45, 2.75) is 20.4 Å². The molecule has 0 aliphatic rings. The first-order valence-corrected chi connectivity index (χ1v) is 6.87. The Morgan fingerprint density at radius 2 is 2.00 bits per heavy atom. The van der Waals surface area contributed by atoms with Crippen LogP contribution < -0.4 is 5.32 Å². The number of aryl methyl sites for hydroxylation is 2. The highest BCUT2D eigenvalue weighted by Crippen LogP contribution is 2.23. The summed E-state index contributed by atoms with van der Waals surface area (Å²) in [7, 11) is 0. The maximum absolute atomic E-state index is 3.49. The smallest absolute Gasteiger partial charge is 0.0496 e. The molecule has 0 saturated heterocycles. The van der Waals surface area contributed by atoms with E-state index in [2.05, 4.69) is 64.7 Å². The molecule has 1 aromatic heterocycles. The van der Waals surface area contributed by atoms with Crippen molar-refractivity contribution in [2.24, 2.45) is 0 Å². The summed E-state index contributed by atoms with van der Waals surface area (Å²) in [6.07, 6.45) is 0. The zero-order valence-electron chi connectivity index (χ0n) is 9.38. The van der Waals surface area contributed by atoms with Crippen molar-refractivity contribution < 1.29 is 0 Å². The minimum atomic E-state index is 0.904. The van der Waals surface area contributed by atoms with Crippen LogP contribution in [0, 0.1) is 13.8 Å². The molecule has 1 aromatic carbocycles. The predicted molar refractivity (Wildman–Crippen MR) is 75.3 cm³/mol. The van der Waals surface area contributed by atoms with Crippen LogP contribution in [0.15, 0.2) is 34.1 Å². The van der Waals surface area contributed by atoms with Gasteiger partial charge in [0.15, 0.2) is 0 Å².